The van der Waals surface area contributed by atoms with E-state index in [0.29, 0.717) is 18.8 Å². The number of morpholine rings is 1. The van der Waals surface area contributed by atoms with Crippen LogP contribution in [0, 0.1) is 10.1 Å². The van der Waals surface area contributed by atoms with E-state index < -0.39 is 0 Å². The van der Waals surface area contributed by atoms with Crippen LogP contribution in [0.4, 0.5) is 11.4 Å². The lowest BCUT2D eigenvalue weighted by molar-refractivity contribution is -0.384. The molecule has 0 radical (unpaired) electrons. The van der Waals surface area contributed by atoms with Gasteiger partial charge in [-0.15, -0.1) is 11.6 Å². The van der Waals surface area contributed by atoms with Crippen LogP contribution in [0.1, 0.15) is 19.4 Å². The van der Waals surface area contributed by atoms with Crippen LogP contribution in [-0.4, -0.2) is 30.2 Å². The summed E-state index contributed by atoms with van der Waals surface area (Å²) in [6.07, 6.45) is 0.0727. The fourth-order valence-electron chi connectivity index (χ4n) is 2.28. The quantitative estimate of drug-likeness (QED) is 0.486. The SMILES string of the molecule is CC1CN(c2ccc(CCl)cc2[N+](=O)[O-])C(C)CO1. The number of nitro groups is 1. The Bertz CT molecular complexity index is 481. The van der Waals surface area contributed by atoms with Crippen molar-refractivity contribution in [2.75, 3.05) is 18.1 Å². The fraction of sp³-hybridized carbons (Fsp3) is 0.538. The zero-order valence-electron chi connectivity index (χ0n) is 11.0. The van der Waals surface area contributed by atoms with Gasteiger partial charge in [0.15, 0.2) is 0 Å². The van der Waals surface area contributed by atoms with Crippen LogP contribution in [-0.2, 0) is 10.6 Å². The molecule has 2 unspecified atom stereocenters. The molecule has 6 heteroatoms. The molecule has 0 saturated carbocycles. The number of nitrogens with zero attached hydrogens (tertiary/aromatic N) is 2. The summed E-state index contributed by atoms with van der Waals surface area (Å²) < 4.78 is 5.55. The van der Waals surface area contributed by atoms with Crippen LogP contribution in [0.25, 0.3) is 0 Å². The highest BCUT2D eigenvalue weighted by atomic mass is 35.5. The molecule has 1 aromatic carbocycles. The summed E-state index contributed by atoms with van der Waals surface area (Å²) in [5, 5.41) is 11.2. The summed E-state index contributed by atoms with van der Waals surface area (Å²) in [7, 11) is 0. The van der Waals surface area contributed by atoms with Gasteiger partial charge in [0.1, 0.15) is 5.69 Å². The highest BCUT2D eigenvalue weighted by Crippen LogP contribution is 2.32. The van der Waals surface area contributed by atoms with Crippen molar-refractivity contribution in [3.8, 4) is 0 Å². The van der Waals surface area contributed by atoms with Gasteiger partial charge in [-0.25, -0.2) is 0 Å². The average molecular weight is 285 g/mol. The first kappa shape index (κ1) is 14.1. The number of alkyl halides is 1. The third-order valence-corrected chi connectivity index (χ3v) is 3.62. The van der Waals surface area contributed by atoms with Crippen LogP contribution in [0.5, 0.6) is 0 Å². The molecular weight excluding hydrogens is 268 g/mol. The Morgan fingerprint density at radius 3 is 2.89 bits per heavy atom. The first-order valence-electron chi connectivity index (χ1n) is 6.24. The third-order valence-electron chi connectivity index (χ3n) is 3.31. The summed E-state index contributed by atoms with van der Waals surface area (Å²) in [5.74, 6) is 0.274. The Morgan fingerprint density at radius 2 is 2.26 bits per heavy atom. The van der Waals surface area contributed by atoms with E-state index in [4.69, 9.17) is 16.3 Å². The van der Waals surface area contributed by atoms with Gasteiger partial charge in [-0.05, 0) is 25.5 Å². The number of rotatable bonds is 3. The summed E-state index contributed by atoms with van der Waals surface area (Å²) in [4.78, 5) is 12.9. The summed E-state index contributed by atoms with van der Waals surface area (Å²) >= 11 is 5.74. The summed E-state index contributed by atoms with van der Waals surface area (Å²) in [5.41, 5.74) is 1.51. The van der Waals surface area contributed by atoms with Crippen molar-refractivity contribution in [1.82, 2.24) is 0 Å². The molecule has 1 saturated heterocycles. The first-order chi connectivity index (χ1) is 9.02. The zero-order valence-corrected chi connectivity index (χ0v) is 11.8. The first-order valence-corrected chi connectivity index (χ1v) is 6.78. The number of hydrogen-bond acceptors (Lipinski definition) is 4. The van der Waals surface area contributed by atoms with E-state index in [-0.39, 0.29) is 28.6 Å². The van der Waals surface area contributed by atoms with E-state index in [1.54, 1.807) is 12.1 Å². The number of anilines is 1. The van der Waals surface area contributed by atoms with Crippen LogP contribution in [0.3, 0.4) is 0 Å². The van der Waals surface area contributed by atoms with Crippen LogP contribution < -0.4 is 4.90 Å². The van der Waals surface area contributed by atoms with Gasteiger partial charge in [-0.2, -0.15) is 0 Å². The second-order valence-corrected chi connectivity index (χ2v) is 5.13. The number of benzene rings is 1. The van der Waals surface area contributed by atoms with E-state index in [1.165, 1.54) is 0 Å². The second kappa shape index (κ2) is 5.75. The van der Waals surface area contributed by atoms with Gasteiger partial charge < -0.3 is 9.64 Å². The molecule has 5 nitrogen and oxygen atoms in total. The molecule has 1 aliphatic heterocycles. The Labute approximate surface area is 117 Å². The molecule has 19 heavy (non-hydrogen) atoms. The Kier molecular flexibility index (Phi) is 4.27. The van der Waals surface area contributed by atoms with E-state index in [9.17, 15) is 10.1 Å². The molecule has 1 heterocycles. The maximum Gasteiger partial charge on any atom is 0.292 e. The monoisotopic (exact) mass is 284 g/mol. The highest BCUT2D eigenvalue weighted by Gasteiger charge is 2.28. The third kappa shape index (κ3) is 2.98. The van der Waals surface area contributed by atoms with Crippen molar-refractivity contribution < 1.29 is 9.66 Å². The Hall–Kier alpha value is -1.33. The van der Waals surface area contributed by atoms with Crippen LogP contribution in [0.15, 0.2) is 18.2 Å². The van der Waals surface area contributed by atoms with Gasteiger partial charge in [-0.3, -0.25) is 10.1 Å². The van der Waals surface area contributed by atoms with Gasteiger partial charge >= 0.3 is 0 Å². The van der Waals surface area contributed by atoms with E-state index in [0.717, 1.165) is 5.56 Å². The van der Waals surface area contributed by atoms with Gasteiger partial charge in [0.25, 0.3) is 5.69 Å². The second-order valence-electron chi connectivity index (χ2n) is 4.86. The predicted octanol–water partition coefficient (Wildman–Crippen LogP) is 2.95. The molecule has 0 aliphatic carbocycles. The molecule has 104 valence electrons. The van der Waals surface area contributed by atoms with Gasteiger partial charge in [0, 0.05) is 24.5 Å². The molecule has 2 rings (SSSR count). The van der Waals surface area contributed by atoms with Crippen molar-refractivity contribution in [1.29, 1.82) is 0 Å². The lowest BCUT2D eigenvalue weighted by Crippen LogP contribution is -2.47. The Morgan fingerprint density at radius 1 is 1.53 bits per heavy atom. The molecule has 0 spiro atoms. The number of nitro benzene ring substituents is 1. The molecule has 2 atom stereocenters. The number of hydrogen-bond donors (Lipinski definition) is 0. The van der Waals surface area contributed by atoms with E-state index >= 15 is 0 Å². The molecule has 1 aromatic rings. The Balaban J connectivity index is 2.40. The van der Waals surface area contributed by atoms with E-state index in [2.05, 4.69) is 0 Å². The molecule has 0 aromatic heterocycles. The van der Waals surface area contributed by atoms with Crippen LogP contribution >= 0.6 is 11.6 Å². The largest absolute Gasteiger partial charge is 0.375 e. The van der Waals surface area contributed by atoms with Crippen molar-refractivity contribution in [2.24, 2.45) is 0 Å². The predicted molar refractivity (Wildman–Crippen MR) is 74.9 cm³/mol. The normalized spacial score (nSPS) is 23.4. The molecule has 1 aliphatic rings. The smallest absolute Gasteiger partial charge is 0.292 e. The van der Waals surface area contributed by atoms with Gasteiger partial charge in [-0.1, -0.05) is 6.07 Å². The molecular formula is C13H17ClN2O3. The van der Waals surface area contributed by atoms with Gasteiger partial charge in [0.05, 0.1) is 17.6 Å². The molecule has 1 fully saturated rings. The van der Waals surface area contributed by atoms with Gasteiger partial charge in [0.2, 0.25) is 0 Å². The minimum Gasteiger partial charge on any atom is -0.375 e. The minimum absolute atomic E-state index is 0.0727. The van der Waals surface area contributed by atoms with Crippen molar-refractivity contribution in [3.05, 3.63) is 33.9 Å². The number of ether oxygens (including phenoxy) is 1. The average Bonchev–Trinajstić information content (AvgIpc) is 2.40. The molecule has 0 N–H and O–H groups in total. The van der Waals surface area contributed by atoms with Crippen molar-refractivity contribution in [2.45, 2.75) is 31.9 Å². The summed E-state index contributed by atoms with van der Waals surface area (Å²) in [6.45, 7) is 5.21. The van der Waals surface area contributed by atoms with E-state index in [1.807, 2.05) is 24.8 Å². The maximum absolute atomic E-state index is 11.2. The fourth-order valence-corrected chi connectivity index (χ4v) is 2.45. The van der Waals surface area contributed by atoms with Crippen LogP contribution in [0.2, 0.25) is 0 Å². The maximum atomic E-state index is 11.2. The molecule has 0 amide bonds. The lowest BCUT2D eigenvalue weighted by atomic mass is 10.1. The lowest BCUT2D eigenvalue weighted by Gasteiger charge is -2.38. The standard InChI is InChI=1S/C13H17ClN2O3/c1-9-8-19-10(2)7-15(9)12-4-3-11(6-14)5-13(12)16(17)18/h3-5,9-10H,6-8H2,1-2H3. The van der Waals surface area contributed by atoms with Crippen molar-refractivity contribution in [3.63, 3.8) is 0 Å². The molecule has 0 bridgehead atoms. The topological polar surface area (TPSA) is 55.6 Å². The highest BCUT2D eigenvalue weighted by molar-refractivity contribution is 6.17. The minimum atomic E-state index is -0.349. The summed E-state index contributed by atoms with van der Waals surface area (Å²) in [6, 6.07) is 5.29. The number of halogens is 1. The zero-order chi connectivity index (χ0) is 14.0. The van der Waals surface area contributed by atoms with Crippen molar-refractivity contribution >= 4 is 23.0 Å².